The molecule has 2 aromatic carbocycles. The highest BCUT2D eigenvalue weighted by Gasteiger charge is 2.28. The van der Waals surface area contributed by atoms with Gasteiger partial charge < -0.3 is 10.4 Å². The van der Waals surface area contributed by atoms with E-state index < -0.39 is 11.9 Å². The molecule has 0 bridgehead atoms. The van der Waals surface area contributed by atoms with E-state index >= 15 is 0 Å². The van der Waals surface area contributed by atoms with Crippen LogP contribution in [-0.2, 0) is 9.59 Å². The van der Waals surface area contributed by atoms with Crippen molar-refractivity contribution >= 4 is 40.8 Å². The number of carbonyl (C=O) groups excluding carboxylic acids is 1. The van der Waals surface area contributed by atoms with Gasteiger partial charge in [0.2, 0.25) is 5.91 Å². The number of carboxylic acid groups (broad SMARTS) is 1. The molecule has 2 aromatic rings. The molecule has 24 heavy (non-hydrogen) atoms. The van der Waals surface area contributed by atoms with Crippen LogP contribution in [0, 0.1) is 5.92 Å². The fraction of sp³-hybridized carbons (Fsp3) is 0.222. The maximum atomic E-state index is 12.6. The molecule has 2 N–H and O–H groups in total. The van der Waals surface area contributed by atoms with Crippen molar-refractivity contribution in [2.75, 3.05) is 5.32 Å². The summed E-state index contributed by atoms with van der Waals surface area (Å²) in [5, 5.41) is 12.6. The van der Waals surface area contributed by atoms with E-state index in [0.29, 0.717) is 15.7 Å². The molecule has 0 radical (unpaired) electrons. The smallest absolute Gasteiger partial charge is 0.304 e. The molecule has 0 aromatic heterocycles. The summed E-state index contributed by atoms with van der Waals surface area (Å²) in [6.07, 6.45) is -0.261. The zero-order chi connectivity index (χ0) is 17.7. The van der Waals surface area contributed by atoms with Crippen LogP contribution in [0.4, 0.5) is 5.69 Å². The number of rotatable bonds is 6. The second-order valence-corrected chi connectivity index (χ2v) is 6.34. The van der Waals surface area contributed by atoms with Gasteiger partial charge in [0, 0.05) is 5.69 Å². The zero-order valence-electron chi connectivity index (χ0n) is 13.0. The Morgan fingerprint density at radius 3 is 2.33 bits per heavy atom. The number of hydrogen-bond acceptors (Lipinski definition) is 2. The normalized spacial score (nSPS) is 13.1. The van der Waals surface area contributed by atoms with Gasteiger partial charge in [-0.15, -0.1) is 0 Å². The molecular weight excluding hydrogens is 349 g/mol. The second kappa shape index (κ2) is 8.18. The second-order valence-electron chi connectivity index (χ2n) is 5.52. The Morgan fingerprint density at radius 1 is 1.08 bits per heavy atom. The summed E-state index contributed by atoms with van der Waals surface area (Å²) in [4.78, 5) is 23.8. The number of amides is 1. The molecule has 6 heteroatoms. The topological polar surface area (TPSA) is 66.4 Å². The zero-order valence-corrected chi connectivity index (χ0v) is 14.5. The van der Waals surface area contributed by atoms with Crippen LogP contribution in [0.3, 0.4) is 0 Å². The number of anilines is 1. The number of nitrogens with one attached hydrogen (secondary N) is 1. The molecule has 0 spiro atoms. The first kappa shape index (κ1) is 18.3. The lowest BCUT2D eigenvalue weighted by molar-refractivity contribution is -0.140. The van der Waals surface area contributed by atoms with Gasteiger partial charge in [-0.1, -0.05) is 60.5 Å². The lowest BCUT2D eigenvalue weighted by atomic mass is 9.84. The predicted molar refractivity (Wildman–Crippen MR) is 95.7 cm³/mol. The summed E-state index contributed by atoms with van der Waals surface area (Å²) in [7, 11) is 0. The van der Waals surface area contributed by atoms with Gasteiger partial charge in [-0.25, -0.2) is 0 Å². The third-order valence-corrected chi connectivity index (χ3v) is 4.59. The van der Waals surface area contributed by atoms with Crippen LogP contribution >= 0.6 is 23.2 Å². The third kappa shape index (κ3) is 4.73. The van der Waals surface area contributed by atoms with Gasteiger partial charge in [-0.3, -0.25) is 9.59 Å². The van der Waals surface area contributed by atoms with E-state index in [9.17, 15) is 9.59 Å². The summed E-state index contributed by atoms with van der Waals surface area (Å²) < 4.78 is 0. The average molecular weight is 366 g/mol. The van der Waals surface area contributed by atoms with Crippen LogP contribution in [0.25, 0.3) is 0 Å². The molecule has 0 fully saturated rings. The van der Waals surface area contributed by atoms with E-state index in [1.807, 2.05) is 37.3 Å². The van der Waals surface area contributed by atoms with Crippen molar-refractivity contribution in [3.63, 3.8) is 0 Å². The van der Waals surface area contributed by atoms with Crippen LogP contribution in [0.2, 0.25) is 10.0 Å². The largest absolute Gasteiger partial charge is 0.481 e. The molecule has 0 aliphatic rings. The van der Waals surface area contributed by atoms with Gasteiger partial charge in [0.25, 0.3) is 0 Å². The average Bonchev–Trinajstić information content (AvgIpc) is 2.56. The van der Waals surface area contributed by atoms with E-state index in [-0.39, 0.29) is 18.2 Å². The first-order valence-corrected chi connectivity index (χ1v) is 8.16. The Kier molecular flexibility index (Phi) is 6.23. The van der Waals surface area contributed by atoms with Gasteiger partial charge in [-0.2, -0.15) is 0 Å². The van der Waals surface area contributed by atoms with Crippen molar-refractivity contribution in [1.29, 1.82) is 0 Å². The van der Waals surface area contributed by atoms with Crippen LogP contribution < -0.4 is 5.32 Å². The van der Waals surface area contributed by atoms with Crippen molar-refractivity contribution in [3.8, 4) is 0 Å². The Balaban J connectivity index is 2.21. The number of halogens is 2. The van der Waals surface area contributed by atoms with Crippen LogP contribution in [-0.4, -0.2) is 17.0 Å². The van der Waals surface area contributed by atoms with Crippen molar-refractivity contribution in [3.05, 3.63) is 64.1 Å². The minimum absolute atomic E-state index is 0.245. The maximum Gasteiger partial charge on any atom is 0.304 e. The van der Waals surface area contributed by atoms with Gasteiger partial charge in [0.05, 0.1) is 22.4 Å². The number of hydrogen-bond donors (Lipinski definition) is 2. The highest BCUT2D eigenvalue weighted by Crippen LogP contribution is 2.29. The standard InChI is InChI=1S/C18H17Cl2NO3/c1-11(12-5-3-2-4-6-12)14(10-17(22)23)18(24)21-13-7-8-15(19)16(20)9-13/h2-9,11,14H,10H2,1H3,(H,21,24)(H,22,23)/t11-,14-/m1/s1. The highest BCUT2D eigenvalue weighted by molar-refractivity contribution is 6.42. The molecule has 0 saturated carbocycles. The van der Waals surface area contributed by atoms with Gasteiger partial charge in [-0.05, 0) is 29.7 Å². The van der Waals surface area contributed by atoms with Crippen molar-refractivity contribution in [1.82, 2.24) is 0 Å². The van der Waals surface area contributed by atoms with E-state index in [2.05, 4.69) is 5.32 Å². The summed E-state index contributed by atoms with van der Waals surface area (Å²) >= 11 is 11.8. The summed E-state index contributed by atoms with van der Waals surface area (Å²) in [6, 6.07) is 14.1. The van der Waals surface area contributed by atoms with Crippen molar-refractivity contribution in [2.45, 2.75) is 19.3 Å². The first-order valence-electron chi connectivity index (χ1n) is 7.41. The number of carbonyl (C=O) groups is 2. The van der Waals surface area contributed by atoms with Gasteiger partial charge in [0.15, 0.2) is 0 Å². The van der Waals surface area contributed by atoms with E-state index in [0.717, 1.165) is 5.56 Å². The lowest BCUT2D eigenvalue weighted by Crippen LogP contribution is -2.29. The lowest BCUT2D eigenvalue weighted by Gasteiger charge is -2.22. The van der Waals surface area contributed by atoms with E-state index in [1.165, 1.54) is 6.07 Å². The van der Waals surface area contributed by atoms with Crippen molar-refractivity contribution < 1.29 is 14.7 Å². The fourth-order valence-corrected chi connectivity index (χ4v) is 2.78. The molecule has 0 heterocycles. The Labute approximate surface area is 150 Å². The molecule has 0 unspecified atom stereocenters. The molecule has 1 amide bonds. The molecule has 2 atom stereocenters. The first-order chi connectivity index (χ1) is 11.4. The Morgan fingerprint density at radius 2 is 1.75 bits per heavy atom. The van der Waals surface area contributed by atoms with E-state index in [4.69, 9.17) is 28.3 Å². The molecule has 126 valence electrons. The minimum Gasteiger partial charge on any atom is -0.481 e. The SMILES string of the molecule is C[C@H](c1ccccc1)[C@@H](CC(=O)O)C(=O)Nc1ccc(Cl)c(Cl)c1. The third-order valence-electron chi connectivity index (χ3n) is 3.85. The minimum atomic E-state index is -1.02. The van der Waals surface area contributed by atoms with Crippen molar-refractivity contribution in [2.24, 2.45) is 5.92 Å². The molecule has 0 aliphatic carbocycles. The van der Waals surface area contributed by atoms with Crippen LogP contribution in [0.1, 0.15) is 24.8 Å². The summed E-state index contributed by atoms with van der Waals surface area (Å²) in [5.41, 5.74) is 1.39. The monoisotopic (exact) mass is 365 g/mol. The van der Waals surface area contributed by atoms with Gasteiger partial charge >= 0.3 is 5.97 Å². The molecule has 4 nitrogen and oxygen atoms in total. The fourth-order valence-electron chi connectivity index (χ4n) is 2.48. The number of benzene rings is 2. The van der Waals surface area contributed by atoms with Gasteiger partial charge in [0.1, 0.15) is 0 Å². The Bertz CT molecular complexity index is 734. The molecule has 2 rings (SSSR count). The highest BCUT2D eigenvalue weighted by atomic mass is 35.5. The number of aliphatic carboxylic acids is 1. The molecule has 0 saturated heterocycles. The van der Waals surface area contributed by atoms with Crippen LogP contribution in [0.5, 0.6) is 0 Å². The molecule has 0 aliphatic heterocycles. The van der Waals surface area contributed by atoms with Crippen LogP contribution in [0.15, 0.2) is 48.5 Å². The maximum absolute atomic E-state index is 12.6. The molecular formula is C18H17Cl2NO3. The Hall–Kier alpha value is -2.04. The number of carboxylic acids is 1. The van der Waals surface area contributed by atoms with E-state index in [1.54, 1.807) is 12.1 Å². The summed E-state index contributed by atoms with van der Waals surface area (Å²) in [6.45, 7) is 1.84. The summed E-state index contributed by atoms with van der Waals surface area (Å²) in [5.74, 6) is -2.34. The predicted octanol–water partition coefficient (Wildman–Crippen LogP) is 4.83. The quantitative estimate of drug-likeness (QED) is 0.770.